The zero-order valence-electron chi connectivity index (χ0n) is 33.9. The van der Waals surface area contributed by atoms with Crippen molar-refractivity contribution >= 4 is 46.8 Å². The van der Waals surface area contributed by atoms with Crippen LogP contribution in [-0.4, -0.2) is 88.8 Å². The molecule has 1 unspecified atom stereocenters. The molecule has 6 aromatic rings. The molecule has 14 nitrogen and oxygen atoms in total. The highest BCUT2D eigenvalue weighted by atomic mass is 16.2. The van der Waals surface area contributed by atoms with E-state index >= 15 is 0 Å². The molecule has 2 saturated carbocycles. The molecular formula is C46H48N10O4. The average molecular weight is 805 g/mol. The Kier molecular flexibility index (Phi) is 9.25. The van der Waals surface area contributed by atoms with Gasteiger partial charge in [-0.3, -0.25) is 29.8 Å². The van der Waals surface area contributed by atoms with Gasteiger partial charge in [-0.15, -0.1) is 10.2 Å². The molecule has 2 saturated heterocycles. The molecule has 4 amide bonds. The zero-order valence-corrected chi connectivity index (χ0v) is 33.9. The van der Waals surface area contributed by atoms with E-state index in [0.29, 0.717) is 59.9 Å². The van der Waals surface area contributed by atoms with Crippen LogP contribution in [0.2, 0.25) is 0 Å². The van der Waals surface area contributed by atoms with Crippen molar-refractivity contribution in [2.75, 3.05) is 36.8 Å². The minimum Gasteiger partial charge on any atom is -0.339 e. The smallest absolute Gasteiger partial charge is 0.253 e. The Morgan fingerprint density at radius 2 is 1.03 bits per heavy atom. The van der Waals surface area contributed by atoms with E-state index < -0.39 is 10.8 Å². The average Bonchev–Trinajstić information content (AvgIpc) is 4.18. The molecule has 4 aromatic heterocycles. The van der Waals surface area contributed by atoms with E-state index in [9.17, 15) is 19.2 Å². The molecular weight excluding hydrogens is 757 g/mol. The van der Waals surface area contributed by atoms with Gasteiger partial charge in [-0.05, 0) is 112 Å². The third kappa shape index (κ3) is 6.67. The van der Waals surface area contributed by atoms with Crippen molar-refractivity contribution < 1.29 is 19.2 Å². The van der Waals surface area contributed by atoms with Crippen molar-refractivity contribution in [3.8, 4) is 22.5 Å². The maximum Gasteiger partial charge on any atom is 0.253 e. The van der Waals surface area contributed by atoms with Crippen LogP contribution in [0.5, 0.6) is 0 Å². The maximum atomic E-state index is 14.1. The number of hydrogen-bond acceptors (Lipinski definition) is 8. The second kappa shape index (κ2) is 14.7. The lowest BCUT2D eigenvalue weighted by molar-refractivity contribution is -0.132. The number of anilines is 2. The van der Waals surface area contributed by atoms with Gasteiger partial charge in [-0.25, -0.2) is 9.03 Å². The number of nitrogens with one attached hydrogen (secondary N) is 2. The lowest BCUT2D eigenvalue weighted by Gasteiger charge is -2.31. The van der Waals surface area contributed by atoms with E-state index in [1.807, 2.05) is 94.7 Å². The van der Waals surface area contributed by atoms with Gasteiger partial charge in [0.25, 0.3) is 11.8 Å². The molecule has 306 valence electrons. The van der Waals surface area contributed by atoms with Gasteiger partial charge in [0.05, 0.1) is 22.2 Å². The monoisotopic (exact) mass is 804 g/mol. The lowest BCUT2D eigenvalue weighted by Crippen LogP contribution is -2.40. The van der Waals surface area contributed by atoms with Crippen LogP contribution in [-0.2, 0) is 9.59 Å². The standard InChI is InChI=1S/C46H48N10O4/c1-29-19-26-53(27-20-29)39(57)33-15-11-31(12-16-33)35-7-3-9-37-47-43(51-55(35)37)49-41(59)45(21-22-45)46(23-24-46)42(60)50-44-48-38-10-4-8-36(56(38)52-44)32-13-17-34(18-14-32)40(58)54-25-5-6-30(2)28-54/h3-4,7-18,29-30H,5-6,19-28H2,1-2H3,(H,49,51,59)(H,50,52,60). The fraction of sp³-hybridized carbons (Fsp3) is 0.391. The molecule has 6 heterocycles. The highest BCUT2D eigenvalue weighted by Crippen LogP contribution is 2.71. The highest BCUT2D eigenvalue weighted by molar-refractivity contribution is 6.06. The first kappa shape index (κ1) is 37.8. The first-order valence-corrected chi connectivity index (χ1v) is 21.2. The number of rotatable bonds is 9. The van der Waals surface area contributed by atoms with Crippen LogP contribution in [0, 0.1) is 22.7 Å². The molecule has 0 spiro atoms. The van der Waals surface area contributed by atoms with Gasteiger partial charge in [-0.2, -0.15) is 9.97 Å². The summed E-state index contributed by atoms with van der Waals surface area (Å²) in [5, 5.41) is 15.2. The molecule has 1 atom stereocenters. The van der Waals surface area contributed by atoms with Gasteiger partial charge in [-0.1, -0.05) is 50.2 Å². The summed E-state index contributed by atoms with van der Waals surface area (Å²) in [6.07, 6.45) is 6.51. The molecule has 0 radical (unpaired) electrons. The number of carbonyl (C=O) groups excluding carboxylic acids is 4. The summed E-state index contributed by atoms with van der Waals surface area (Å²) in [6, 6.07) is 26.3. The van der Waals surface area contributed by atoms with Crippen molar-refractivity contribution in [3.05, 3.63) is 96.1 Å². The number of amides is 4. The van der Waals surface area contributed by atoms with Gasteiger partial charge >= 0.3 is 0 Å². The van der Waals surface area contributed by atoms with E-state index in [4.69, 9.17) is 0 Å². The predicted molar refractivity (Wildman–Crippen MR) is 226 cm³/mol. The first-order chi connectivity index (χ1) is 29.1. The number of benzene rings is 2. The molecule has 4 aliphatic rings. The SMILES string of the molecule is CC1CCN(C(=O)c2ccc(-c3cccc4nc(NC(=O)C5(C6(C(=O)Nc7nc8cccc(-c9ccc(C(=O)N%10CCCC(C)C%10)cc9)n8n7)CC6)CC5)nn34)cc2)CC1. The number of piperidine rings is 2. The van der Waals surface area contributed by atoms with Crippen molar-refractivity contribution in [2.45, 2.75) is 65.2 Å². The number of nitrogens with zero attached hydrogens (tertiary/aromatic N) is 8. The molecule has 0 bridgehead atoms. The van der Waals surface area contributed by atoms with E-state index in [1.165, 1.54) is 0 Å². The van der Waals surface area contributed by atoms with Crippen LogP contribution in [0.15, 0.2) is 84.9 Å². The molecule has 2 N–H and O–H groups in total. The van der Waals surface area contributed by atoms with Gasteiger partial charge in [0.2, 0.25) is 23.7 Å². The summed E-state index contributed by atoms with van der Waals surface area (Å²) in [6.45, 7) is 7.54. The Morgan fingerprint density at radius 1 is 0.567 bits per heavy atom. The molecule has 4 fully saturated rings. The second-order valence-corrected chi connectivity index (χ2v) is 17.4. The summed E-state index contributed by atoms with van der Waals surface area (Å²) < 4.78 is 3.37. The maximum absolute atomic E-state index is 14.1. The minimum atomic E-state index is -0.887. The molecule has 60 heavy (non-hydrogen) atoms. The molecule has 2 aliphatic carbocycles. The number of carbonyl (C=O) groups is 4. The quantitative estimate of drug-likeness (QED) is 0.158. The Bertz CT molecular complexity index is 2650. The van der Waals surface area contributed by atoms with Crippen LogP contribution in [0.1, 0.15) is 85.9 Å². The van der Waals surface area contributed by atoms with Crippen molar-refractivity contribution in [1.82, 2.24) is 39.0 Å². The normalized spacial score (nSPS) is 19.6. The van der Waals surface area contributed by atoms with Crippen LogP contribution >= 0.6 is 0 Å². The van der Waals surface area contributed by atoms with Gasteiger partial charge in [0.1, 0.15) is 0 Å². The van der Waals surface area contributed by atoms with Gasteiger partial charge in [0.15, 0.2) is 11.3 Å². The third-order valence-corrected chi connectivity index (χ3v) is 13.3. The van der Waals surface area contributed by atoms with E-state index in [0.717, 1.165) is 74.4 Å². The highest BCUT2D eigenvalue weighted by Gasteiger charge is 2.73. The lowest BCUT2D eigenvalue weighted by atomic mass is 9.83. The fourth-order valence-electron chi connectivity index (χ4n) is 9.41. The number of likely N-dealkylation sites (tertiary alicyclic amines) is 2. The Balaban J connectivity index is 0.822. The second-order valence-electron chi connectivity index (χ2n) is 17.4. The van der Waals surface area contributed by atoms with E-state index in [1.54, 1.807) is 9.03 Å². The van der Waals surface area contributed by atoms with Gasteiger partial charge in [0, 0.05) is 48.4 Å². The third-order valence-electron chi connectivity index (χ3n) is 13.3. The summed E-state index contributed by atoms with van der Waals surface area (Å²) in [5.41, 5.74) is 3.90. The van der Waals surface area contributed by atoms with Crippen LogP contribution in [0.25, 0.3) is 33.8 Å². The number of fused-ring (bicyclic) bond motifs is 2. The Hall–Kier alpha value is -6.44. The summed E-state index contributed by atoms with van der Waals surface area (Å²) in [4.78, 5) is 67.6. The molecule has 14 heteroatoms. The number of pyridine rings is 2. The van der Waals surface area contributed by atoms with Crippen molar-refractivity contribution in [3.63, 3.8) is 0 Å². The number of hydrogen-bond donors (Lipinski definition) is 2. The van der Waals surface area contributed by atoms with Crippen LogP contribution in [0.3, 0.4) is 0 Å². The van der Waals surface area contributed by atoms with E-state index in [-0.39, 0.29) is 35.5 Å². The summed E-state index contributed by atoms with van der Waals surface area (Å²) >= 11 is 0. The topological polar surface area (TPSA) is 159 Å². The number of aromatic nitrogens is 6. The summed E-state index contributed by atoms with van der Waals surface area (Å²) in [7, 11) is 0. The van der Waals surface area contributed by atoms with Crippen molar-refractivity contribution in [2.24, 2.45) is 22.7 Å². The molecule has 2 aliphatic heterocycles. The van der Waals surface area contributed by atoms with Crippen LogP contribution < -0.4 is 10.6 Å². The van der Waals surface area contributed by atoms with Crippen LogP contribution in [0.4, 0.5) is 11.9 Å². The molecule has 2 aromatic carbocycles. The van der Waals surface area contributed by atoms with E-state index in [2.05, 4.69) is 44.6 Å². The minimum absolute atomic E-state index is 0.0481. The fourth-order valence-corrected chi connectivity index (χ4v) is 9.41. The first-order valence-electron chi connectivity index (χ1n) is 21.2. The Labute approximate surface area is 347 Å². The summed E-state index contributed by atoms with van der Waals surface area (Å²) in [5.74, 6) is 1.02. The zero-order chi connectivity index (χ0) is 41.2. The largest absolute Gasteiger partial charge is 0.339 e. The Morgan fingerprint density at radius 3 is 1.48 bits per heavy atom. The van der Waals surface area contributed by atoms with Crippen molar-refractivity contribution in [1.29, 1.82) is 0 Å². The van der Waals surface area contributed by atoms with Gasteiger partial charge < -0.3 is 9.80 Å². The predicted octanol–water partition coefficient (Wildman–Crippen LogP) is 6.99. The molecule has 10 rings (SSSR count).